The Labute approximate surface area is 140 Å². The number of carboxylic acids is 1. The van der Waals surface area contributed by atoms with Crippen molar-refractivity contribution in [2.24, 2.45) is 5.92 Å². The summed E-state index contributed by atoms with van der Waals surface area (Å²) in [7, 11) is 0. The van der Waals surface area contributed by atoms with Crippen molar-refractivity contribution in [1.82, 2.24) is 0 Å². The molecule has 1 aromatic carbocycles. The smallest absolute Gasteiger partial charge is 0.433 e. The van der Waals surface area contributed by atoms with Crippen molar-refractivity contribution >= 4 is 12.0 Å². The predicted octanol–water partition coefficient (Wildman–Crippen LogP) is 5.06. The number of carbonyl (C=O) groups is 1. The Balaban J connectivity index is 2.59. The largest absolute Gasteiger partial charge is 0.478 e. The second-order valence-electron chi connectivity index (χ2n) is 6.06. The van der Waals surface area contributed by atoms with Crippen LogP contribution in [-0.2, 0) is 4.79 Å². The first kappa shape index (κ1) is 16.9. The van der Waals surface area contributed by atoms with Crippen LogP contribution in [0.5, 0.6) is 5.75 Å². The molecule has 0 fully saturated rings. The van der Waals surface area contributed by atoms with Gasteiger partial charge < -0.3 is 9.84 Å². The lowest BCUT2D eigenvalue weighted by Crippen LogP contribution is -2.59. The summed E-state index contributed by atoms with van der Waals surface area (Å²) in [6.45, 7) is 3.31. The Kier molecular flexibility index (Phi) is 4.83. The van der Waals surface area contributed by atoms with Gasteiger partial charge in [-0.1, -0.05) is 51.3 Å². The van der Waals surface area contributed by atoms with Gasteiger partial charge in [0.25, 0.3) is 0 Å². The number of benzene rings is 1. The molecule has 0 aliphatic carbocycles. The van der Waals surface area contributed by atoms with Gasteiger partial charge in [0, 0.05) is 11.5 Å². The lowest BCUT2D eigenvalue weighted by atomic mass is 9.76. The molecule has 1 aromatic rings. The van der Waals surface area contributed by atoms with Gasteiger partial charge in [-0.2, -0.15) is 13.2 Å². The molecular weight excluding hydrogens is 321 g/mol. The molecule has 0 saturated heterocycles. The first-order chi connectivity index (χ1) is 11.6. The third kappa shape index (κ3) is 3.14. The van der Waals surface area contributed by atoms with E-state index in [0.717, 1.165) is 18.9 Å². The number of aliphatic carboxylic acids is 1. The molecular formula is C18H21F3O3. The van der Waals surface area contributed by atoms with Crippen molar-refractivity contribution in [1.29, 1.82) is 0 Å². The van der Waals surface area contributed by atoms with Gasteiger partial charge in [0.05, 0.1) is 6.94 Å². The summed E-state index contributed by atoms with van der Waals surface area (Å²) in [4.78, 5) is 11.6. The number of hydrogen-bond donors (Lipinski definition) is 1. The van der Waals surface area contributed by atoms with Gasteiger partial charge in [0.2, 0.25) is 5.60 Å². The first-order valence-electron chi connectivity index (χ1n) is 8.45. The van der Waals surface area contributed by atoms with Crippen molar-refractivity contribution < 1.29 is 29.2 Å². The van der Waals surface area contributed by atoms with Crippen LogP contribution < -0.4 is 4.74 Å². The average molecular weight is 343 g/mol. The highest BCUT2D eigenvalue weighted by atomic mass is 19.4. The number of fused-ring (bicyclic) bond motifs is 1. The third-order valence-electron chi connectivity index (χ3n) is 4.42. The fraction of sp³-hybridized carbons (Fsp3) is 0.500. The van der Waals surface area contributed by atoms with Gasteiger partial charge in [0.15, 0.2) is 0 Å². The van der Waals surface area contributed by atoms with Crippen LogP contribution >= 0.6 is 0 Å². The van der Waals surface area contributed by atoms with E-state index in [1.807, 2.05) is 6.92 Å². The van der Waals surface area contributed by atoms with E-state index in [2.05, 4.69) is 0 Å². The molecule has 0 bridgehead atoms. The highest BCUT2D eigenvalue weighted by Gasteiger charge is 2.65. The monoisotopic (exact) mass is 343 g/mol. The molecule has 1 aliphatic heterocycles. The highest BCUT2D eigenvalue weighted by Crippen LogP contribution is 2.50. The molecule has 2 atom stereocenters. The molecule has 24 heavy (non-hydrogen) atoms. The lowest BCUT2D eigenvalue weighted by molar-refractivity contribution is -0.252. The van der Waals surface area contributed by atoms with E-state index in [4.69, 9.17) is 6.11 Å². The number of alkyl halides is 3. The molecule has 6 heteroatoms. The van der Waals surface area contributed by atoms with E-state index in [9.17, 15) is 23.1 Å². The maximum atomic E-state index is 14.1. The zero-order valence-electron chi connectivity index (χ0n) is 14.6. The standard InChI is InChI=1S/C18H21F3O3/c1-3-4-5-8-12(2)17(18(19,20)21)14(16(22)23)11-13-9-6-7-10-15(13)24-17/h6-7,9-12H,3-5,8H2,1-2H3,(H,22,23)/i7D. The first-order valence-corrected chi connectivity index (χ1v) is 7.95. The zero-order chi connectivity index (χ0) is 18.8. The fourth-order valence-corrected chi connectivity index (χ4v) is 3.11. The Hall–Kier alpha value is -1.98. The van der Waals surface area contributed by atoms with Crippen LogP contribution in [0.25, 0.3) is 6.08 Å². The van der Waals surface area contributed by atoms with Gasteiger partial charge in [-0.25, -0.2) is 4.79 Å². The molecule has 1 heterocycles. The van der Waals surface area contributed by atoms with Gasteiger partial charge in [-0.15, -0.1) is 0 Å². The summed E-state index contributed by atoms with van der Waals surface area (Å²) < 4.78 is 55.2. The van der Waals surface area contributed by atoms with Crippen molar-refractivity contribution in [3.8, 4) is 5.75 Å². The summed E-state index contributed by atoms with van der Waals surface area (Å²) in [6.07, 6.45) is -1.54. The van der Waals surface area contributed by atoms with Gasteiger partial charge in [-0.3, -0.25) is 0 Å². The number of para-hydroxylation sites is 1. The number of rotatable bonds is 6. The summed E-state index contributed by atoms with van der Waals surface area (Å²) >= 11 is 0. The average Bonchev–Trinajstić information content (AvgIpc) is 2.52. The second-order valence-corrected chi connectivity index (χ2v) is 6.06. The molecule has 2 rings (SSSR count). The molecule has 0 aromatic heterocycles. The molecule has 0 spiro atoms. The topological polar surface area (TPSA) is 46.5 Å². The summed E-state index contributed by atoms with van der Waals surface area (Å²) in [5.74, 6) is -2.85. The number of carboxylic acid groups (broad SMARTS) is 1. The maximum absolute atomic E-state index is 14.1. The summed E-state index contributed by atoms with van der Waals surface area (Å²) in [5, 5.41) is 9.45. The summed E-state index contributed by atoms with van der Waals surface area (Å²) in [5.41, 5.74) is -3.50. The minimum absolute atomic E-state index is 0.000588. The zero-order valence-corrected chi connectivity index (χ0v) is 13.6. The van der Waals surface area contributed by atoms with Crippen molar-refractivity contribution in [3.63, 3.8) is 0 Å². The third-order valence-corrected chi connectivity index (χ3v) is 4.42. The Morgan fingerprint density at radius 2 is 2.12 bits per heavy atom. The van der Waals surface area contributed by atoms with E-state index >= 15 is 0 Å². The lowest BCUT2D eigenvalue weighted by Gasteiger charge is -2.43. The predicted molar refractivity (Wildman–Crippen MR) is 84.8 cm³/mol. The Bertz CT molecular complexity index is 685. The van der Waals surface area contributed by atoms with E-state index in [0.29, 0.717) is 6.42 Å². The van der Waals surface area contributed by atoms with E-state index in [-0.39, 0.29) is 23.8 Å². The number of hydrogen-bond acceptors (Lipinski definition) is 2. The minimum atomic E-state index is -4.90. The normalized spacial score (nSPS) is 22.0. The Morgan fingerprint density at radius 3 is 2.71 bits per heavy atom. The van der Waals surface area contributed by atoms with Crippen LogP contribution in [0, 0.1) is 5.92 Å². The van der Waals surface area contributed by atoms with Crippen molar-refractivity contribution in [2.75, 3.05) is 0 Å². The molecule has 0 radical (unpaired) electrons. The van der Waals surface area contributed by atoms with Crippen LogP contribution in [0.2, 0.25) is 0 Å². The van der Waals surface area contributed by atoms with Crippen molar-refractivity contribution in [2.45, 2.75) is 51.3 Å². The van der Waals surface area contributed by atoms with Crippen LogP contribution in [-0.4, -0.2) is 22.9 Å². The number of halogens is 3. The van der Waals surface area contributed by atoms with E-state index < -0.39 is 29.2 Å². The highest BCUT2D eigenvalue weighted by molar-refractivity contribution is 5.96. The van der Waals surface area contributed by atoms with Crippen molar-refractivity contribution in [3.05, 3.63) is 35.4 Å². The van der Waals surface area contributed by atoms with E-state index in [1.54, 1.807) is 0 Å². The van der Waals surface area contributed by atoms with Gasteiger partial charge >= 0.3 is 12.1 Å². The molecule has 1 N–H and O–H groups in total. The quantitative estimate of drug-likeness (QED) is 0.734. The Morgan fingerprint density at radius 1 is 1.42 bits per heavy atom. The minimum Gasteiger partial charge on any atom is -0.478 e. The molecule has 132 valence electrons. The van der Waals surface area contributed by atoms with Crippen LogP contribution in [0.3, 0.4) is 0 Å². The maximum Gasteiger partial charge on any atom is 0.433 e. The van der Waals surface area contributed by atoms with Crippen LogP contribution in [0.1, 0.15) is 46.5 Å². The van der Waals surface area contributed by atoms with Crippen LogP contribution in [0.4, 0.5) is 13.2 Å². The molecule has 2 unspecified atom stereocenters. The molecule has 0 saturated carbocycles. The number of ether oxygens (including phenoxy) is 1. The van der Waals surface area contributed by atoms with Crippen LogP contribution in [0.15, 0.2) is 29.8 Å². The van der Waals surface area contributed by atoms with Gasteiger partial charge in [0.1, 0.15) is 5.75 Å². The SMILES string of the molecule is [2H]c1ccc2c(c1)OC(C(C)CCCCC)(C(F)(F)F)C(C(=O)O)=C2. The second kappa shape index (κ2) is 6.87. The van der Waals surface area contributed by atoms with Gasteiger partial charge in [-0.05, 0) is 18.6 Å². The molecule has 1 aliphatic rings. The fourth-order valence-electron chi connectivity index (χ4n) is 3.11. The van der Waals surface area contributed by atoms with E-state index in [1.165, 1.54) is 25.1 Å². The number of unbranched alkanes of at least 4 members (excludes halogenated alkanes) is 2. The summed E-state index contributed by atoms with van der Waals surface area (Å²) in [6, 6.07) is 3.95. The molecule has 3 nitrogen and oxygen atoms in total. The molecule has 0 amide bonds.